The summed E-state index contributed by atoms with van der Waals surface area (Å²) in [5.74, 6) is 0. The normalized spacial score (nSPS) is 11.6. The number of H-pyrrole nitrogens is 1. The van der Waals surface area contributed by atoms with E-state index in [4.69, 9.17) is 0 Å². The van der Waals surface area contributed by atoms with Crippen LogP contribution in [-0.2, 0) is 0 Å². The Morgan fingerprint density at radius 3 is 2.82 bits per heavy atom. The van der Waals surface area contributed by atoms with Crippen LogP contribution in [0.5, 0.6) is 0 Å². The first kappa shape index (κ1) is 7.79. The fraction of sp³-hybridized carbons (Fsp3) is 0.222. The standard InChI is InChI=1S/C9H12N2/c1-7(2)4-5-9-8(3)6-10-11-9/h4-6,11H,3H2,1-2H3/b9-5+. The minimum Gasteiger partial charge on any atom is -0.278 e. The van der Waals surface area contributed by atoms with Gasteiger partial charge in [0.05, 0.1) is 11.5 Å². The van der Waals surface area contributed by atoms with Crippen molar-refractivity contribution in [3.63, 3.8) is 0 Å². The Morgan fingerprint density at radius 2 is 2.36 bits per heavy atom. The molecule has 0 atom stereocenters. The summed E-state index contributed by atoms with van der Waals surface area (Å²) in [7, 11) is 0. The summed E-state index contributed by atoms with van der Waals surface area (Å²) in [5.41, 5.74) is 1.26. The molecule has 1 aromatic rings. The Labute approximate surface area is 65.9 Å². The molecule has 2 heteroatoms. The molecule has 0 aliphatic rings. The van der Waals surface area contributed by atoms with Crippen molar-refractivity contribution in [2.24, 2.45) is 0 Å². The predicted octanol–water partition coefficient (Wildman–Crippen LogP) is 0.567. The summed E-state index contributed by atoms with van der Waals surface area (Å²) in [4.78, 5) is 0. The van der Waals surface area contributed by atoms with Gasteiger partial charge in [0.25, 0.3) is 0 Å². The number of hydrogen-bond donors (Lipinski definition) is 1. The molecule has 58 valence electrons. The highest BCUT2D eigenvalue weighted by molar-refractivity contribution is 5.36. The molecule has 0 aliphatic carbocycles. The number of hydrogen-bond acceptors (Lipinski definition) is 1. The third-order valence-corrected chi connectivity index (χ3v) is 1.33. The van der Waals surface area contributed by atoms with Crippen LogP contribution in [0.2, 0.25) is 0 Å². The van der Waals surface area contributed by atoms with Crippen LogP contribution in [-0.4, -0.2) is 10.2 Å². The van der Waals surface area contributed by atoms with Crippen molar-refractivity contribution < 1.29 is 0 Å². The van der Waals surface area contributed by atoms with E-state index in [1.54, 1.807) is 6.20 Å². The lowest BCUT2D eigenvalue weighted by molar-refractivity contribution is 1.06. The number of aromatic nitrogens is 2. The van der Waals surface area contributed by atoms with Gasteiger partial charge in [-0.1, -0.05) is 18.2 Å². The zero-order valence-electron chi connectivity index (χ0n) is 6.89. The molecule has 0 amide bonds. The quantitative estimate of drug-likeness (QED) is 0.619. The van der Waals surface area contributed by atoms with E-state index in [2.05, 4.69) is 30.6 Å². The molecular formula is C9H12N2. The van der Waals surface area contributed by atoms with Gasteiger partial charge in [-0.15, -0.1) is 0 Å². The van der Waals surface area contributed by atoms with Crippen LogP contribution in [0.25, 0.3) is 12.7 Å². The van der Waals surface area contributed by atoms with E-state index in [0.717, 1.165) is 10.6 Å². The fourth-order valence-corrected chi connectivity index (χ4v) is 0.715. The topological polar surface area (TPSA) is 28.7 Å². The van der Waals surface area contributed by atoms with Gasteiger partial charge in [-0.3, -0.25) is 5.10 Å². The van der Waals surface area contributed by atoms with E-state index in [1.807, 2.05) is 12.2 Å². The molecular weight excluding hydrogens is 136 g/mol. The Bertz CT molecular complexity index is 353. The first-order valence-electron chi connectivity index (χ1n) is 3.53. The van der Waals surface area contributed by atoms with Crippen molar-refractivity contribution >= 4 is 12.7 Å². The Morgan fingerprint density at radius 1 is 1.64 bits per heavy atom. The number of allylic oxidation sites excluding steroid dienone is 2. The molecule has 0 spiro atoms. The lowest BCUT2D eigenvalue weighted by Crippen LogP contribution is -2.19. The first-order valence-corrected chi connectivity index (χ1v) is 3.53. The fourth-order valence-electron chi connectivity index (χ4n) is 0.715. The van der Waals surface area contributed by atoms with Gasteiger partial charge in [0, 0.05) is 5.22 Å². The molecule has 0 saturated carbocycles. The summed E-state index contributed by atoms with van der Waals surface area (Å²) in [5, 5.41) is 8.61. The molecule has 0 radical (unpaired) electrons. The number of nitrogens with one attached hydrogen (secondary N) is 1. The van der Waals surface area contributed by atoms with E-state index in [9.17, 15) is 0 Å². The summed E-state index contributed by atoms with van der Waals surface area (Å²) in [6, 6.07) is 0. The SMILES string of the molecule is C=c1cn[nH]/c1=C/C=C(C)C. The zero-order valence-corrected chi connectivity index (χ0v) is 6.89. The highest BCUT2D eigenvalue weighted by atomic mass is 15.1. The van der Waals surface area contributed by atoms with E-state index in [0.29, 0.717) is 0 Å². The highest BCUT2D eigenvalue weighted by Gasteiger charge is 1.80. The van der Waals surface area contributed by atoms with Gasteiger partial charge in [0.2, 0.25) is 0 Å². The third-order valence-electron chi connectivity index (χ3n) is 1.33. The molecule has 1 rings (SSSR count). The number of nitrogens with zero attached hydrogens (tertiary/aromatic N) is 1. The predicted molar refractivity (Wildman–Crippen MR) is 47.3 cm³/mol. The Kier molecular flexibility index (Phi) is 2.26. The average molecular weight is 148 g/mol. The maximum atomic E-state index is 3.85. The van der Waals surface area contributed by atoms with Gasteiger partial charge in [-0.25, -0.2) is 0 Å². The van der Waals surface area contributed by atoms with Crippen molar-refractivity contribution in [2.45, 2.75) is 13.8 Å². The van der Waals surface area contributed by atoms with E-state index in [1.165, 1.54) is 5.57 Å². The molecule has 11 heavy (non-hydrogen) atoms. The molecule has 0 unspecified atom stereocenters. The highest BCUT2D eigenvalue weighted by Crippen LogP contribution is 1.86. The monoisotopic (exact) mass is 148 g/mol. The lowest BCUT2D eigenvalue weighted by Gasteiger charge is -1.80. The Balaban J connectivity index is 3.11. The summed E-state index contributed by atoms with van der Waals surface area (Å²) in [6.45, 7) is 7.91. The van der Waals surface area contributed by atoms with Crippen molar-refractivity contribution in [3.05, 3.63) is 28.4 Å². The number of aromatic amines is 1. The maximum Gasteiger partial charge on any atom is 0.0644 e. The summed E-state index contributed by atoms with van der Waals surface area (Å²) < 4.78 is 0. The smallest absolute Gasteiger partial charge is 0.0644 e. The lowest BCUT2D eigenvalue weighted by atomic mass is 10.3. The average Bonchev–Trinajstić information content (AvgIpc) is 2.31. The minimum atomic E-state index is 0.933. The van der Waals surface area contributed by atoms with Gasteiger partial charge in [0.15, 0.2) is 0 Å². The van der Waals surface area contributed by atoms with Crippen LogP contribution >= 0.6 is 0 Å². The van der Waals surface area contributed by atoms with Gasteiger partial charge in [-0.05, 0) is 19.9 Å². The van der Waals surface area contributed by atoms with Crippen LogP contribution < -0.4 is 10.6 Å². The van der Waals surface area contributed by atoms with Crippen LogP contribution in [0.1, 0.15) is 13.8 Å². The van der Waals surface area contributed by atoms with Crippen molar-refractivity contribution in [1.29, 1.82) is 0 Å². The van der Waals surface area contributed by atoms with E-state index < -0.39 is 0 Å². The van der Waals surface area contributed by atoms with Crippen LogP contribution in [0.3, 0.4) is 0 Å². The van der Waals surface area contributed by atoms with Gasteiger partial charge < -0.3 is 0 Å². The first-order chi connectivity index (χ1) is 5.20. The van der Waals surface area contributed by atoms with Gasteiger partial charge >= 0.3 is 0 Å². The largest absolute Gasteiger partial charge is 0.278 e. The molecule has 2 nitrogen and oxygen atoms in total. The molecule has 0 fully saturated rings. The van der Waals surface area contributed by atoms with E-state index in [-0.39, 0.29) is 0 Å². The minimum absolute atomic E-state index is 0.933. The molecule has 0 aliphatic heterocycles. The van der Waals surface area contributed by atoms with Crippen molar-refractivity contribution in [2.75, 3.05) is 0 Å². The maximum absolute atomic E-state index is 3.85. The van der Waals surface area contributed by atoms with Crippen LogP contribution in [0.15, 0.2) is 17.8 Å². The molecule has 1 aromatic heterocycles. The molecule has 0 bridgehead atoms. The Hall–Kier alpha value is -1.31. The van der Waals surface area contributed by atoms with Gasteiger partial charge in [-0.2, -0.15) is 5.10 Å². The zero-order chi connectivity index (χ0) is 8.27. The number of rotatable bonds is 1. The summed E-state index contributed by atoms with van der Waals surface area (Å²) in [6.07, 6.45) is 5.72. The van der Waals surface area contributed by atoms with Crippen molar-refractivity contribution in [1.82, 2.24) is 10.2 Å². The van der Waals surface area contributed by atoms with Crippen LogP contribution in [0, 0.1) is 0 Å². The third kappa shape index (κ3) is 2.08. The molecule has 1 heterocycles. The van der Waals surface area contributed by atoms with Gasteiger partial charge in [0.1, 0.15) is 0 Å². The second kappa shape index (κ2) is 3.19. The second-order valence-electron chi connectivity index (χ2n) is 2.72. The molecule has 1 N–H and O–H groups in total. The van der Waals surface area contributed by atoms with E-state index >= 15 is 0 Å². The second-order valence-corrected chi connectivity index (χ2v) is 2.72. The molecule has 0 aromatic carbocycles. The summed E-state index contributed by atoms with van der Waals surface area (Å²) >= 11 is 0. The van der Waals surface area contributed by atoms with Crippen molar-refractivity contribution in [3.8, 4) is 0 Å². The molecule has 0 saturated heterocycles. The van der Waals surface area contributed by atoms with Crippen LogP contribution in [0.4, 0.5) is 0 Å².